The molecule has 1 amide bonds. The van der Waals surface area contributed by atoms with Crippen LogP contribution in [0, 0.1) is 0 Å². The van der Waals surface area contributed by atoms with Gasteiger partial charge in [0.2, 0.25) is 0 Å². The molecule has 0 aliphatic carbocycles. The summed E-state index contributed by atoms with van der Waals surface area (Å²) in [4.78, 5) is 15.4. The smallest absolute Gasteiger partial charge is 0.270 e. The Morgan fingerprint density at radius 2 is 2.53 bits per heavy atom. The molecule has 0 saturated carbocycles. The lowest BCUT2D eigenvalue weighted by atomic mass is 10.4. The van der Waals surface area contributed by atoms with Crippen molar-refractivity contribution in [3.63, 3.8) is 0 Å². The maximum Gasteiger partial charge on any atom is 0.270 e. The van der Waals surface area contributed by atoms with Gasteiger partial charge < -0.3 is 5.32 Å². The quantitative estimate of drug-likeness (QED) is 0.831. The Bertz CT molecular complexity index is 409. The molecule has 0 saturated heterocycles. The van der Waals surface area contributed by atoms with Gasteiger partial charge in [0.15, 0.2) is 0 Å². The Kier molecular flexibility index (Phi) is 3.08. The number of rotatable bonds is 4. The van der Waals surface area contributed by atoms with Crippen LogP contribution < -0.4 is 5.32 Å². The van der Waals surface area contributed by atoms with Gasteiger partial charge in [-0.2, -0.15) is 5.10 Å². The summed E-state index contributed by atoms with van der Waals surface area (Å²) in [5.74, 6) is -0.136. The Morgan fingerprint density at radius 1 is 1.60 bits per heavy atom. The monoisotopic (exact) mass is 222 g/mol. The minimum absolute atomic E-state index is 0.136. The van der Waals surface area contributed by atoms with Crippen molar-refractivity contribution in [3.8, 4) is 0 Å². The van der Waals surface area contributed by atoms with Gasteiger partial charge in [-0.05, 0) is 6.07 Å². The molecule has 78 valence electrons. The number of nitrogens with one attached hydrogen (secondary N) is 1. The summed E-state index contributed by atoms with van der Waals surface area (Å²) >= 11 is 1.41. The highest BCUT2D eigenvalue weighted by atomic mass is 32.1. The van der Waals surface area contributed by atoms with Crippen LogP contribution in [-0.4, -0.2) is 27.2 Å². The van der Waals surface area contributed by atoms with Gasteiger partial charge >= 0.3 is 0 Å². The molecule has 0 unspecified atom stereocenters. The second kappa shape index (κ2) is 4.70. The minimum Gasteiger partial charge on any atom is -0.349 e. The zero-order chi connectivity index (χ0) is 10.5. The van der Waals surface area contributed by atoms with Crippen molar-refractivity contribution >= 4 is 17.2 Å². The number of aromatic nitrogens is 3. The molecule has 0 bridgehead atoms. The molecular weight excluding hydrogens is 212 g/mol. The maximum atomic E-state index is 11.4. The lowest BCUT2D eigenvalue weighted by Crippen LogP contribution is -2.27. The first-order valence-corrected chi connectivity index (χ1v) is 5.44. The summed E-state index contributed by atoms with van der Waals surface area (Å²) in [6.45, 7) is 1.22. The molecule has 0 spiro atoms. The SMILES string of the molecule is O=C(NCCn1cccn1)c1cscn1. The van der Waals surface area contributed by atoms with E-state index in [-0.39, 0.29) is 5.91 Å². The van der Waals surface area contributed by atoms with Crippen LogP contribution in [0.2, 0.25) is 0 Å². The summed E-state index contributed by atoms with van der Waals surface area (Å²) in [6.07, 6.45) is 3.57. The first-order chi connectivity index (χ1) is 7.36. The average molecular weight is 222 g/mol. The third-order valence-electron chi connectivity index (χ3n) is 1.85. The number of amides is 1. The number of thiazole rings is 1. The summed E-state index contributed by atoms with van der Waals surface area (Å²) in [5.41, 5.74) is 2.11. The molecule has 2 heterocycles. The second-order valence-corrected chi connectivity index (χ2v) is 3.62. The normalized spacial score (nSPS) is 10.1. The summed E-state index contributed by atoms with van der Waals surface area (Å²) in [7, 11) is 0. The van der Waals surface area contributed by atoms with Crippen molar-refractivity contribution in [2.45, 2.75) is 6.54 Å². The third-order valence-corrected chi connectivity index (χ3v) is 2.44. The highest BCUT2D eigenvalue weighted by Gasteiger charge is 2.05. The topological polar surface area (TPSA) is 59.8 Å². The highest BCUT2D eigenvalue weighted by Crippen LogP contribution is 1.99. The van der Waals surface area contributed by atoms with Crippen LogP contribution in [0.25, 0.3) is 0 Å². The van der Waals surface area contributed by atoms with E-state index in [2.05, 4.69) is 15.4 Å². The first kappa shape index (κ1) is 9.85. The van der Waals surface area contributed by atoms with Gasteiger partial charge in [-0.25, -0.2) is 4.98 Å². The summed E-state index contributed by atoms with van der Waals surface area (Å²) in [5, 5.41) is 8.52. The molecular formula is C9H10N4OS. The lowest BCUT2D eigenvalue weighted by Gasteiger charge is -2.02. The number of carbonyl (C=O) groups excluding carboxylic acids is 1. The molecule has 2 aromatic heterocycles. The van der Waals surface area contributed by atoms with Gasteiger partial charge in [0.25, 0.3) is 5.91 Å². The Balaban J connectivity index is 1.77. The molecule has 0 aromatic carbocycles. The van der Waals surface area contributed by atoms with E-state index in [1.165, 1.54) is 11.3 Å². The van der Waals surface area contributed by atoms with E-state index >= 15 is 0 Å². The van der Waals surface area contributed by atoms with Gasteiger partial charge in [-0.1, -0.05) is 0 Å². The van der Waals surface area contributed by atoms with E-state index in [1.54, 1.807) is 21.8 Å². The van der Waals surface area contributed by atoms with Gasteiger partial charge in [0.1, 0.15) is 5.69 Å². The van der Waals surface area contributed by atoms with E-state index in [1.807, 2.05) is 12.3 Å². The Morgan fingerprint density at radius 3 is 3.20 bits per heavy atom. The van der Waals surface area contributed by atoms with Crippen LogP contribution in [0.4, 0.5) is 0 Å². The average Bonchev–Trinajstić information content (AvgIpc) is 2.90. The summed E-state index contributed by atoms with van der Waals surface area (Å²) < 4.78 is 1.77. The van der Waals surface area contributed by atoms with Crippen molar-refractivity contribution in [2.24, 2.45) is 0 Å². The van der Waals surface area contributed by atoms with Gasteiger partial charge in [-0.3, -0.25) is 9.48 Å². The minimum atomic E-state index is -0.136. The molecule has 0 aliphatic rings. The third kappa shape index (κ3) is 2.63. The van der Waals surface area contributed by atoms with Crippen molar-refractivity contribution < 1.29 is 4.79 Å². The van der Waals surface area contributed by atoms with Gasteiger partial charge in [0.05, 0.1) is 12.1 Å². The zero-order valence-corrected chi connectivity index (χ0v) is 8.78. The van der Waals surface area contributed by atoms with E-state index in [9.17, 15) is 4.79 Å². The van der Waals surface area contributed by atoms with Crippen LogP contribution >= 0.6 is 11.3 Å². The molecule has 1 N–H and O–H groups in total. The largest absolute Gasteiger partial charge is 0.349 e. The fraction of sp³-hybridized carbons (Fsp3) is 0.222. The zero-order valence-electron chi connectivity index (χ0n) is 7.96. The van der Waals surface area contributed by atoms with Crippen LogP contribution in [0.1, 0.15) is 10.5 Å². The first-order valence-electron chi connectivity index (χ1n) is 4.50. The fourth-order valence-electron chi connectivity index (χ4n) is 1.13. The van der Waals surface area contributed by atoms with E-state index in [0.29, 0.717) is 18.8 Å². The number of carbonyl (C=O) groups is 1. The lowest BCUT2D eigenvalue weighted by molar-refractivity contribution is 0.0947. The molecule has 2 rings (SSSR count). The molecule has 6 heteroatoms. The van der Waals surface area contributed by atoms with Crippen LogP contribution in [-0.2, 0) is 6.54 Å². The van der Waals surface area contributed by atoms with E-state index in [4.69, 9.17) is 0 Å². The highest BCUT2D eigenvalue weighted by molar-refractivity contribution is 7.07. The molecule has 15 heavy (non-hydrogen) atoms. The number of nitrogens with zero attached hydrogens (tertiary/aromatic N) is 3. The van der Waals surface area contributed by atoms with E-state index < -0.39 is 0 Å². The predicted molar refractivity (Wildman–Crippen MR) is 56.7 cm³/mol. The number of hydrogen-bond acceptors (Lipinski definition) is 4. The molecule has 2 aromatic rings. The van der Waals surface area contributed by atoms with Crippen molar-refractivity contribution in [2.75, 3.05) is 6.54 Å². The Hall–Kier alpha value is -1.69. The van der Waals surface area contributed by atoms with Gasteiger partial charge in [-0.15, -0.1) is 11.3 Å². The van der Waals surface area contributed by atoms with Crippen molar-refractivity contribution in [1.82, 2.24) is 20.1 Å². The standard InChI is InChI=1S/C9H10N4OS/c14-9(8-6-15-7-11-8)10-3-5-13-4-1-2-12-13/h1-2,4,6-7H,3,5H2,(H,10,14). The maximum absolute atomic E-state index is 11.4. The van der Waals surface area contributed by atoms with Crippen LogP contribution in [0.15, 0.2) is 29.4 Å². The van der Waals surface area contributed by atoms with Crippen molar-refractivity contribution in [1.29, 1.82) is 0 Å². The van der Waals surface area contributed by atoms with Gasteiger partial charge in [0, 0.05) is 24.3 Å². The second-order valence-electron chi connectivity index (χ2n) is 2.90. The molecule has 0 aliphatic heterocycles. The van der Waals surface area contributed by atoms with E-state index in [0.717, 1.165) is 0 Å². The number of hydrogen-bond donors (Lipinski definition) is 1. The Labute approximate surface area is 90.8 Å². The molecule has 0 fully saturated rings. The van der Waals surface area contributed by atoms with Crippen LogP contribution in [0.3, 0.4) is 0 Å². The molecule has 0 atom stereocenters. The summed E-state index contributed by atoms with van der Waals surface area (Å²) in [6, 6.07) is 1.85. The predicted octanol–water partition coefficient (Wildman–Crippen LogP) is 0.770. The fourth-order valence-corrected chi connectivity index (χ4v) is 1.66. The van der Waals surface area contributed by atoms with Crippen LogP contribution in [0.5, 0.6) is 0 Å². The molecule has 5 nitrogen and oxygen atoms in total. The van der Waals surface area contributed by atoms with Crippen molar-refractivity contribution in [3.05, 3.63) is 35.0 Å². The molecule has 0 radical (unpaired) electrons.